The SMILES string of the molecule is O=C(O)C(=O)c1ccc(-c2ccc3cnoc3c2)cc1. The molecule has 0 unspecified atom stereocenters. The maximum Gasteiger partial charge on any atom is 0.377 e. The molecule has 1 heterocycles. The van der Waals surface area contributed by atoms with Crippen molar-refractivity contribution in [2.75, 3.05) is 0 Å². The maximum atomic E-state index is 11.3. The van der Waals surface area contributed by atoms with Gasteiger partial charge in [-0.15, -0.1) is 0 Å². The minimum absolute atomic E-state index is 0.155. The van der Waals surface area contributed by atoms with Gasteiger partial charge < -0.3 is 9.63 Å². The highest BCUT2D eigenvalue weighted by Crippen LogP contribution is 2.24. The van der Waals surface area contributed by atoms with Crippen molar-refractivity contribution in [2.24, 2.45) is 0 Å². The summed E-state index contributed by atoms with van der Waals surface area (Å²) in [6.07, 6.45) is 1.63. The summed E-state index contributed by atoms with van der Waals surface area (Å²) in [7, 11) is 0. The van der Waals surface area contributed by atoms with Crippen LogP contribution in [0.3, 0.4) is 0 Å². The summed E-state index contributed by atoms with van der Waals surface area (Å²) in [4.78, 5) is 21.9. The number of ketones is 1. The highest BCUT2D eigenvalue weighted by atomic mass is 16.5. The molecule has 5 heteroatoms. The predicted octanol–water partition coefficient (Wildman–Crippen LogP) is 2.76. The molecule has 2 aromatic carbocycles. The van der Waals surface area contributed by atoms with Crippen molar-refractivity contribution < 1.29 is 19.2 Å². The molecule has 0 radical (unpaired) electrons. The molecule has 0 aliphatic heterocycles. The van der Waals surface area contributed by atoms with Gasteiger partial charge in [-0.1, -0.05) is 35.5 Å². The Labute approximate surface area is 113 Å². The van der Waals surface area contributed by atoms with Crippen LogP contribution in [-0.2, 0) is 4.79 Å². The number of benzene rings is 2. The number of carboxylic acids is 1. The fourth-order valence-corrected chi connectivity index (χ4v) is 1.98. The number of fused-ring (bicyclic) bond motifs is 1. The Morgan fingerprint density at radius 2 is 1.70 bits per heavy atom. The summed E-state index contributed by atoms with van der Waals surface area (Å²) in [6, 6.07) is 12.0. The number of nitrogens with zero attached hydrogens (tertiary/aromatic N) is 1. The van der Waals surface area contributed by atoms with E-state index >= 15 is 0 Å². The molecular formula is C15H9NO4. The molecule has 0 saturated heterocycles. The fourth-order valence-electron chi connectivity index (χ4n) is 1.98. The van der Waals surface area contributed by atoms with Gasteiger partial charge in [-0.25, -0.2) is 4.79 Å². The lowest BCUT2D eigenvalue weighted by molar-refractivity contribution is -0.131. The largest absolute Gasteiger partial charge is 0.475 e. The van der Waals surface area contributed by atoms with Crippen LogP contribution in [0.15, 0.2) is 53.2 Å². The standard InChI is InChI=1S/C15H9NO4/c17-14(15(18)19)10-3-1-9(2-4-10)11-5-6-12-8-16-20-13(12)7-11/h1-8H,(H,18,19). The van der Waals surface area contributed by atoms with Gasteiger partial charge in [0.1, 0.15) is 0 Å². The van der Waals surface area contributed by atoms with Gasteiger partial charge in [-0.2, -0.15) is 0 Å². The van der Waals surface area contributed by atoms with Crippen LogP contribution in [0, 0.1) is 0 Å². The van der Waals surface area contributed by atoms with E-state index in [9.17, 15) is 9.59 Å². The van der Waals surface area contributed by atoms with Gasteiger partial charge in [0.05, 0.1) is 6.20 Å². The van der Waals surface area contributed by atoms with Gasteiger partial charge in [-0.3, -0.25) is 4.79 Å². The molecule has 0 saturated carbocycles. The molecule has 1 aromatic heterocycles. The summed E-state index contributed by atoms with van der Waals surface area (Å²) in [5, 5.41) is 13.3. The molecule has 20 heavy (non-hydrogen) atoms. The Morgan fingerprint density at radius 1 is 1.00 bits per heavy atom. The van der Waals surface area contributed by atoms with Crippen molar-refractivity contribution in [3.8, 4) is 11.1 Å². The highest BCUT2D eigenvalue weighted by Gasteiger charge is 2.14. The lowest BCUT2D eigenvalue weighted by Crippen LogP contribution is -2.12. The second-order valence-corrected chi connectivity index (χ2v) is 4.29. The zero-order valence-corrected chi connectivity index (χ0v) is 10.2. The van der Waals surface area contributed by atoms with Crippen molar-refractivity contribution in [3.63, 3.8) is 0 Å². The van der Waals surface area contributed by atoms with Gasteiger partial charge in [-0.05, 0) is 23.3 Å². The zero-order valence-electron chi connectivity index (χ0n) is 10.2. The number of rotatable bonds is 3. The summed E-state index contributed by atoms with van der Waals surface area (Å²) in [6.45, 7) is 0. The Bertz CT molecular complexity index is 802. The Kier molecular flexibility index (Phi) is 2.80. The van der Waals surface area contributed by atoms with Crippen LogP contribution in [0.5, 0.6) is 0 Å². The molecule has 0 amide bonds. The molecule has 3 aromatic rings. The molecule has 0 aliphatic rings. The molecule has 1 N–H and O–H groups in total. The number of carbonyl (C=O) groups excluding carboxylic acids is 1. The molecule has 5 nitrogen and oxygen atoms in total. The minimum atomic E-state index is -1.46. The highest BCUT2D eigenvalue weighted by molar-refractivity contribution is 6.39. The van der Waals surface area contributed by atoms with Crippen LogP contribution >= 0.6 is 0 Å². The van der Waals surface area contributed by atoms with Crippen LogP contribution in [0.1, 0.15) is 10.4 Å². The molecule has 98 valence electrons. The Morgan fingerprint density at radius 3 is 2.40 bits per heavy atom. The van der Waals surface area contributed by atoms with Gasteiger partial charge in [0.25, 0.3) is 5.78 Å². The Balaban J connectivity index is 1.98. The summed E-state index contributed by atoms with van der Waals surface area (Å²) in [5.41, 5.74) is 2.60. The summed E-state index contributed by atoms with van der Waals surface area (Å²) in [5.74, 6) is -2.37. The summed E-state index contributed by atoms with van der Waals surface area (Å²) < 4.78 is 5.09. The van der Waals surface area contributed by atoms with E-state index in [0.29, 0.717) is 5.58 Å². The number of aromatic nitrogens is 1. The number of aliphatic carboxylic acids is 1. The van der Waals surface area contributed by atoms with Gasteiger partial charge >= 0.3 is 5.97 Å². The second kappa shape index (κ2) is 4.62. The van der Waals surface area contributed by atoms with Crippen molar-refractivity contribution in [3.05, 3.63) is 54.2 Å². The first-order chi connectivity index (χ1) is 9.65. The van der Waals surface area contributed by atoms with Gasteiger partial charge in [0.15, 0.2) is 5.58 Å². The van der Waals surface area contributed by atoms with Crippen molar-refractivity contribution in [1.82, 2.24) is 5.16 Å². The first kappa shape index (κ1) is 12.1. The van der Waals surface area contributed by atoms with Crippen LogP contribution in [0.4, 0.5) is 0 Å². The predicted molar refractivity (Wildman–Crippen MR) is 71.4 cm³/mol. The molecule has 0 bridgehead atoms. The van der Waals surface area contributed by atoms with Crippen LogP contribution in [0.2, 0.25) is 0 Å². The van der Waals surface area contributed by atoms with Crippen LogP contribution in [0.25, 0.3) is 22.1 Å². The van der Waals surface area contributed by atoms with E-state index < -0.39 is 11.8 Å². The average molecular weight is 267 g/mol. The van der Waals surface area contributed by atoms with E-state index in [4.69, 9.17) is 9.63 Å². The third-order valence-electron chi connectivity index (χ3n) is 3.03. The first-order valence-electron chi connectivity index (χ1n) is 5.87. The van der Waals surface area contributed by atoms with E-state index in [1.54, 1.807) is 18.3 Å². The van der Waals surface area contributed by atoms with E-state index in [1.165, 1.54) is 12.1 Å². The third kappa shape index (κ3) is 2.05. The zero-order chi connectivity index (χ0) is 14.1. The molecule has 0 fully saturated rings. The summed E-state index contributed by atoms with van der Waals surface area (Å²) >= 11 is 0. The smallest absolute Gasteiger partial charge is 0.377 e. The van der Waals surface area contributed by atoms with Crippen LogP contribution < -0.4 is 0 Å². The minimum Gasteiger partial charge on any atom is -0.475 e. The van der Waals surface area contributed by atoms with Crippen LogP contribution in [-0.4, -0.2) is 22.0 Å². The van der Waals surface area contributed by atoms with E-state index in [1.807, 2.05) is 18.2 Å². The van der Waals surface area contributed by atoms with Gasteiger partial charge in [0.2, 0.25) is 0 Å². The molecule has 3 rings (SSSR count). The number of carbonyl (C=O) groups is 2. The first-order valence-corrected chi connectivity index (χ1v) is 5.87. The number of Topliss-reactive ketones (excluding diaryl/α,β-unsaturated/α-hetero) is 1. The normalized spacial score (nSPS) is 10.6. The van der Waals surface area contributed by atoms with E-state index in [2.05, 4.69) is 5.16 Å². The maximum absolute atomic E-state index is 11.3. The quantitative estimate of drug-likeness (QED) is 0.583. The lowest BCUT2D eigenvalue weighted by atomic mass is 10.0. The van der Waals surface area contributed by atoms with Gasteiger partial charge in [0, 0.05) is 10.9 Å². The molecular weight excluding hydrogens is 258 g/mol. The van der Waals surface area contributed by atoms with E-state index in [-0.39, 0.29) is 5.56 Å². The number of hydrogen-bond acceptors (Lipinski definition) is 4. The fraction of sp³-hybridized carbons (Fsp3) is 0. The topological polar surface area (TPSA) is 80.4 Å². The number of carboxylic acid groups (broad SMARTS) is 1. The van der Waals surface area contributed by atoms with Crippen molar-refractivity contribution in [1.29, 1.82) is 0 Å². The Hall–Kier alpha value is -2.95. The lowest BCUT2D eigenvalue weighted by Gasteiger charge is -2.02. The molecule has 0 aliphatic carbocycles. The number of hydrogen-bond donors (Lipinski definition) is 1. The van der Waals surface area contributed by atoms with Crippen molar-refractivity contribution >= 4 is 22.7 Å². The average Bonchev–Trinajstić information content (AvgIpc) is 2.94. The third-order valence-corrected chi connectivity index (χ3v) is 3.03. The monoisotopic (exact) mass is 267 g/mol. The van der Waals surface area contributed by atoms with Crippen molar-refractivity contribution in [2.45, 2.75) is 0 Å². The van der Waals surface area contributed by atoms with E-state index in [0.717, 1.165) is 16.5 Å². The molecule has 0 spiro atoms. The molecule has 0 atom stereocenters. The second-order valence-electron chi connectivity index (χ2n) is 4.29.